The number of benzene rings is 2. The molecule has 1 aromatic heterocycles. The third kappa shape index (κ3) is 5.11. The highest BCUT2D eigenvalue weighted by Gasteiger charge is 2.36. The lowest BCUT2D eigenvalue weighted by Gasteiger charge is -2.45. The molecule has 200 valence electrons. The van der Waals surface area contributed by atoms with Crippen LogP contribution in [0.3, 0.4) is 0 Å². The topological polar surface area (TPSA) is 84.8 Å². The Hall–Kier alpha value is -2.40. The standard InChI is InChI=1S/C27H30Cl2N6O2S/c1-27(2)19-9-8-17(12-16(19)10-11-34(27)14-22(36)33(3)4)31-26-30-13-18-24(32-26)38-15-35(25(18)37)23-20(28)6-5-7-21(23)29/h5-9,12-13,22,36H,10-11,14-15H2,1-4H3,(H,30,31,32). The van der Waals surface area contributed by atoms with Crippen molar-refractivity contribution in [1.82, 2.24) is 19.8 Å². The molecule has 2 aliphatic rings. The zero-order valence-corrected chi connectivity index (χ0v) is 24.0. The van der Waals surface area contributed by atoms with E-state index in [4.69, 9.17) is 23.2 Å². The highest BCUT2D eigenvalue weighted by molar-refractivity contribution is 7.99. The van der Waals surface area contributed by atoms with Crippen LogP contribution in [0.2, 0.25) is 10.0 Å². The molecule has 2 aliphatic heterocycles. The van der Waals surface area contributed by atoms with E-state index in [1.165, 1.54) is 22.9 Å². The minimum absolute atomic E-state index is 0.209. The highest BCUT2D eigenvalue weighted by atomic mass is 35.5. The molecular formula is C27H30Cl2N6O2S. The Labute approximate surface area is 237 Å². The minimum Gasteiger partial charge on any atom is -0.377 e. The minimum atomic E-state index is -0.517. The predicted octanol–water partition coefficient (Wildman–Crippen LogP) is 5.21. The average Bonchev–Trinajstić information content (AvgIpc) is 2.86. The van der Waals surface area contributed by atoms with Crippen molar-refractivity contribution in [1.29, 1.82) is 0 Å². The Bertz CT molecular complexity index is 1370. The fraction of sp³-hybridized carbons (Fsp3) is 0.370. The fourth-order valence-corrected chi connectivity index (χ4v) is 6.46. The number of hydrogen-bond acceptors (Lipinski definition) is 8. The maximum absolute atomic E-state index is 13.2. The number of aliphatic hydroxyl groups excluding tert-OH is 1. The molecule has 0 aliphatic carbocycles. The Morgan fingerprint density at radius 1 is 1.21 bits per heavy atom. The Kier molecular flexibility index (Phi) is 7.61. The summed E-state index contributed by atoms with van der Waals surface area (Å²) < 4.78 is 0. The summed E-state index contributed by atoms with van der Waals surface area (Å²) in [4.78, 5) is 28.0. The van der Waals surface area contributed by atoms with Crippen molar-refractivity contribution in [2.24, 2.45) is 0 Å². The number of halogens is 2. The van der Waals surface area contributed by atoms with Crippen molar-refractivity contribution in [3.63, 3.8) is 0 Å². The van der Waals surface area contributed by atoms with Crippen molar-refractivity contribution in [3.05, 3.63) is 69.3 Å². The van der Waals surface area contributed by atoms with Crippen LogP contribution in [-0.4, -0.2) is 70.1 Å². The number of hydrogen-bond donors (Lipinski definition) is 2. The van der Waals surface area contributed by atoms with E-state index in [-0.39, 0.29) is 11.4 Å². The first-order valence-electron chi connectivity index (χ1n) is 12.3. The fourth-order valence-electron chi connectivity index (χ4n) is 4.92. The zero-order chi connectivity index (χ0) is 27.2. The maximum Gasteiger partial charge on any atom is 0.263 e. The lowest BCUT2D eigenvalue weighted by Crippen LogP contribution is -2.51. The lowest BCUT2D eigenvalue weighted by molar-refractivity contribution is -0.0235. The molecule has 0 radical (unpaired) electrons. The first-order chi connectivity index (χ1) is 18.1. The van der Waals surface area contributed by atoms with Gasteiger partial charge in [0.1, 0.15) is 11.3 Å². The molecule has 1 atom stereocenters. The number of anilines is 3. The van der Waals surface area contributed by atoms with Gasteiger partial charge in [-0.1, -0.05) is 47.1 Å². The van der Waals surface area contributed by atoms with Gasteiger partial charge >= 0.3 is 0 Å². The number of fused-ring (bicyclic) bond motifs is 2. The van der Waals surface area contributed by atoms with Crippen LogP contribution in [0.4, 0.5) is 17.3 Å². The number of nitrogens with one attached hydrogen (secondary N) is 1. The summed E-state index contributed by atoms with van der Waals surface area (Å²) in [7, 11) is 3.77. The molecule has 2 N–H and O–H groups in total. The Morgan fingerprint density at radius 2 is 1.95 bits per heavy atom. The van der Waals surface area contributed by atoms with Crippen molar-refractivity contribution in [2.45, 2.75) is 37.1 Å². The molecule has 8 nitrogen and oxygen atoms in total. The normalized spacial score (nSPS) is 17.8. The number of carbonyl (C=O) groups excluding carboxylic acids is 1. The summed E-state index contributed by atoms with van der Waals surface area (Å²) in [6, 6.07) is 11.5. The van der Waals surface area contributed by atoms with Gasteiger partial charge in [-0.2, -0.15) is 0 Å². The van der Waals surface area contributed by atoms with E-state index in [0.29, 0.717) is 44.7 Å². The number of thioether (sulfide) groups is 1. The third-order valence-electron chi connectivity index (χ3n) is 7.21. The second-order valence-electron chi connectivity index (χ2n) is 10.2. The van der Waals surface area contributed by atoms with Crippen molar-refractivity contribution in [2.75, 3.05) is 43.3 Å². The smallest absolute Gasteiger partial charge is 0.263 e. The van der Waals surface area contributed by atoms with E-state index in [2.05, 4.69) is 46.2 Å². The van der Waals surface area contributed by atoms with Gasteiger partial charge in [0.05, 0.1) is 27.2 Å². The van der Waals surface area contributed by atoms with Gasteiger partial charge < -0.3 is 10.4 Å². The summed E-state index contributed by atoms with van der Waals surface area (Å²) in [6.45, 7) is 5.83. The summed E-state index contributed by atoms with van der Waals surface area (Å²) in [5, 5.41) is 15.1. The highest BCUT2D eigenvalue weighted by Crippen LogP contribution is 2.40. The number of amides is 1. The van der Waals surface area contributed by atoms with E-state index in [9.17, 15) is 9.90 Å². The maximum atomic E-state index is 13.2. The van der Waals surface area contributed by atoms with Gasteiger partial charge in [0, 0.05) is 30.5 Å². The van der Waals surface area contributed by atoms with E-state index < -0.39 is 6.23 Å². The zero-order valence-electron chi connectivity index (χ0n) is 21.7. The third-order valence-corrected chi connectivity index (χ3v) is 8.79. The SMILES string of the molecule is CN(C)C(O)CN1CCc2cc(Nc3ncc4c(n3)SCN(c3c(Cl)cccc3Cl)C4=O)ccc2C1(C)C. The van der Waals surface area contributed by atoms with Crippen LogP contribution >= 0.6 is 35.0 Å². The van der Waals surface area contributed by atoms with E-state index in [1.54, 1.807) is 29.3 Å². The molecule has 38 heavy (non-hydrogen) atoms. The second-order valence-corrected chi connectivity index (χ2v) is 11.9. The van der Waals surface area contributed by atoms with Gasteiger partial charge in [0.15, 0.2) is 0 Å². The average molecular weight is 574 g/mol. The predicted molar refractivity (Wildman–Crippen MR) is 154 cm³/mol. The number of aromatic nitrogens is 2. The van der Waals surface area contributed by atoms with Crippen LogP contribution in [0.25, 0.3) is 0 Å². The first kappa shape index (κ1) is 27.2. The quantitative estimate of drug-likeness (QED) is 0.307. The number of carbonyl (C=O) groups is 1. The van der Waals surface area contributed by atoms with Gasteiger partial charge in [-0.05, 0) is 69.8 Å². The summed E-state index contributed by atoms with van der Waals surface area (Å²) in [5.74, 6) is 0.540. The number of para-hydroxylation sites is 1. The van der Waals surface area contributed by atoms with Crippen LogP contribution in [-0.2, 0) is 12.0 Å². The molecule has 0 saturated carbocycles. The molecule has 2 aromatic carbocycles. The molecule has 5 rings (SSSR count). The van der Waals surface area contributed by atoms with Gasteiger partial charge in [0.25, 0.3) is 5.91 Å². The lowest BCUT2D eigenvalue weighted by atomic mass is 9.83. The van der Waals surface area contributed by atoms with E-state index >= 15 is 0 Å². The van der Waals surface area contributed by atoms with Crippen LogP contribution in [0.1, 0.15) is 35.3 Å². The second kappa shape index (κ2) is 10.6. The van der Waals surface area contributed by atoms with Gasteiger partial charge in [-0.3, -0.25) is 19.5 Å². The number of nitrogens with zero attached hydrogens (tertiary/aromatic N) is 5. The first-order valence-corrected chi connectivity index (χ1v) is 14.1. The number of β-amino-alcohol motifs (C(OH)–C–C–N with tert-alkyl or cyclic N) is 1. The van der Waals surface area contributed by atoms with Crippen LogP contribution in [0, 0.1) is 0 Å². The van der Waals surface area contributed by atoms with Crippen molar-refractivity contribution < 1.29 is 9.90 Å². The largest absolute Gasteiger partial charge is 0.377 e. The summed E-state index contributed by atoms with van der Waals surface area (Å²) in [5.41, 5.74) is 4.08. The molecule has 3 aromatic rings. The van der Waals surface area contributed by atoms with Crippen molar-refractivity contribution in [3.8, 4) is 0 Å². The van der Waals surface area contributed by atoms with Crippen LogP contribution < -0.4 is 10.2 Å². The number of aliphatic hydroxyl groups is 1. The molecule has 1 amide bonds. The molecule has 0 spiro atoms. The molecule has 11 heteroatoms. The van der Waals surface area contributed by atoms with Gasteiger partial charge in [-0.25, -0.2) is 9.97 Å². The van der Waals surface area contributed by atoms with Crippen molar-refractivity contribution >= 4 is 58.2 Å². The van der Waals surface area contributed by atoms with Crippen LogP contribution in [0.15, 0.2) is 47.6 Å². The summed E-state index contributed by atoms with van der Waals surface area (Å²) >= 11 is 14.1. The Balaban J connectivity index is 1.33. The van der Waals surface area contributed by atoms with Gasteiger partial charge in [-0.15, -0.1) is 0 Å². The molecule has 0 fully saturated rings. The van der Waals surface area contributed by atoms with Gasteiger partial charge in [0.2, 0.25) is 5.95 Å². The molecule has 1 unspecified atom stereocenters. The molecule has 0 saturated heterocycles. The molecule has 3 heterocycles. The van der Waals surface area contributed by atoms with Crippen LogP contribution in [0.5, 0.6) is 0 Å². The van der Waals surface area contributed by atoms with E-state index in [1.807, 2.05) is 25.1 Å². The number of rotatable bonds is 6. The molecule has 0 bridgehead atoms. The number of likely N-dealkylation sites (N-methyl/N-ethyl adjacent to an activating group) is 1. The Morgan fingerprint density at radius 3 is 2.66 bits per heavy atom. The molecular weight excluding hydrogens is 543 g/mol. The monoisotopic (exact) mass is 572 g/mol. The summed E-state index contributed by atoms with van der Waals surface area (Å²) in [6.07, 6.45) is 1.91. The van der Waals surface area contributed by atoms with E-state index in [0.717, 1.165) is 18.7 Å².